The summed E-state index contributed by atoms with van der Waals surface area (Å²) >= 11 is 0.698. The summed E-state index contributed by atoms with van der Waals surface area (Å²) in [5.74, 6) is -11.6. The van der Waals surface area contributed by atoms with Crippen molar-refractivity contribution >= 4 is 17.3 Å². The van der Waals surface area contributed by atoms with E-state index in [4.69, 9.17) is 8.85 Å². The number of ether oxygens (including phenoxy) is 1. The molecule has 12 heteroatoms. The first-order chi connectivity index (χ1) is 13.2. The fourth-order valence-corrected chi connectivity index (χ4v) is 2.75. The predicted octanol–water partition coefficient (Wildman–Crippen LogP) is 4.25. The molecule has 0 bridgehead atoms. The molecule has 4 nitrogen and oxygen atoms in total. The van der Waals surface area contributed by atoms with Crippen LogP contribution in [0, 0.1) is 0 Å². The van der Waals surface area contributed by atoms with Crippen LogP contribution in [0.3, 0.4) is 0 Å². The van der Waals surface area contributed by atoms with Gasteiger partial charge < -0.3 is 9.64 Å². The summed E-state index contributed by atoms with van der Waals surface area (Å²) < 4.78 is 124. The van der Waals surface area contributed by atoms with Gasteiger partial charge in [-0.15, -0.1) is 4.37 Å². The highest BCUT2D eigenvalue weighted by Crippen LogP contribution is 2.48. The third kappa shape index (κ3) is 4.45. The zero-order valence-corrected chi connectivity index (χ0v) is 13.9. The second-order valence-electron chi connectivity index (χ2n) is 5.59. The van der Waals surface area contributed by atoms with Crippen LogP contribution in [-0.4, -0.2) is 58.3 Å². The molecule has 1 aromatic rings. The number of likely N-dealkylation sites (N-methyl/N-ethyl adjacent to an activating group) is 1. The Kier molecular flexibility index (Phi) is 4.93. The van der Waals surface area contributed by atoms with E-state index in [2.05, 4.69) is 8.75 Å². The third-order valence-electron chi connectivity index (χ3n) is 3.60. The summed E-state index contributed by atoms with van der Waals surface area (Å²) in [7, 11) is 0. The van der Waals surface area contributed by atoms with Crippen LogP contribution in [0.1, 0.15) is 29.1 Å². The van der Waals surface area contributed by atoms with Gasteiger partial charge in [0.15, 0.2) is 0 Å². The molecule has 1 aromatic heterocycles. The molecule has 0 radical (unpaired) electrons. The summed E-state index contributed by atoms with van der Waals surface area (Å²) in [6.07, 6.45) is -6.79. The van der Waals surface area contributed by atoms with Gasteiger partial charge in [-0.1, -0.05) is 6.08 Å². The van der Waals surface area contributed by atoms with Crippen molar-refractivity contribution in [2.45, 2.75) is 37.3 Å². The Morgan fingerprint density at radius 2 is 1.96 bits per heavy atom. The lowest BCUT2D eigenvalue weighted by Crippen LogP contribution is -2.51. The van der Waals surface area contributed by atoms with E-state index in [1.54, 1.807) is 6.08 Å². The first-order valence-electron chi connectivity index (χ1n) is 8.89. The van der Waals surface area contributed by atoms with E-state index < -0.39 is 44.4 Å². The molecule has 0 amide bonds. The van der Waals surface area contributed by atoms with E-state index in [9.17, 15) is 30.7 Å². The molecule has 148 valence electrons. The molecule has 0 aromatic carbocycles. The Morgan fingerprint density at radius 3 is 2.62 bits per heavy atom. The molecule has 2 heterocycles. The zero-order valence-electron chi connectivity index (χ0n) is 16.1. The van der Waals surface area contributed by atoms with Crippen LogP contribution in [0.2, 0.25) is 0 Å². The van der Waals surface area contributed by atoms with Crippen LogP contribution in [0.25, 0.3) is 5.57 Å². The largest absolute Gasteiger partial charge is 0.475 e. The maximum atomic E-state index is 13.3. The molecular weight excluding hydrogens is 391 g/mol. The molecule has 2 rings (SSSR count). The van der Waals surface area contributed by atoms with E-state index in [1.807, 2.05) is 0 Å². The maximum Gasteiger partial charge on any atom is 0.459 e. The highest BCUT2D eigenvalue weighted by Gasteiger charge is 2.72. The quantitative estimate of drug-likeness (QED) is 0.498. The van der Waals surface area contributed by atoms with E-state index in [0.29, 0.717) is 23.7 Å². The van der Waals surface area contributed by atoms with Crippen molar-refractivity contribution in [1.29, 1.82) is 0 Å². The van der Waals surface area contributed by atoms with Crippen LogP contribution in [-0.2, 0) is 0 Å². The standard InChI is InChI=1S/C14H16F7N3OS/c1-24-6-2-4-9(8-24)10-11(23-26-22-10)25-7-3-5-12(15,16)13(17,18)14(19,20)21/h4H,2-3,5-8H2,1H3/i1D3. The van der Waals surface area contributed by atoms with Gasteiger partial charge in [0.1, 0.15) is 5.69 Å². The highest BCUT2D eigenvalue weighted by atomic mass is 32.1. The van der Waals surface area contributed by atoms with E-state index in [0.717, 1.165) is 0 Å². The fourth-order valence-electron chi connectivity index (χ4n) is 2.21. The van der Waals surface area contributed by atoms with Crippen LogP contribution in [0.5, 0.6) is 5.88 Å². The van der Waals surface area contributed by atoms with Crippen molar-refractivity contribution in [3.05, 3.63) is 11.8 Å². The third-order valence-corrected chi connectivity index (χ3v) is 4.11. The molecule has 0 fully saturated rings. The van der Waals surface area contributed by atoms with Crippen molar-refractivity contribution in [1.82, 2.24) is 13.6 Å². The number of halogens is 7. The lowest BCUT2D eigenvalue weighted by Gasteiger charge is -2.28. The minimum atomic E-state index is -6.37. The van der Waals surface area contributed by atoms with Crippen molar-refractivity contribution in [2.75, 3.05) is 26.7 Å². The van der Waals surface area contributed by atoms with Gasteiger partial charge in [0, 0.05) is 23.6 Å². The van der Waals surface area contributed by atoms with E-state index in [-0.39, 0.29) is 24.7 Å². The van der Waals surface area contributed by atoms with Crippen molar-refractivity contribution in [3.63, 3.8) is 0 Å². The Hall–Kier alpha value is -1.43. The Labute approximate surface area is 153 Å². The molecule has 1 aliphatic heterocycles. The molecular formula is C14H16F7N3OS. The topological polar surface area (TPSA) is 38.2 Å². The first-order valence-corrected chi connectivity index (χ1v) is 8.12. The average molecular weight is 410 g/mol. The van der Waals surface area contributed by atoms with Crippen LogP contribution < -0.4 is 4.74 Å². The number of hydrogen-bond acceptors (Lipinski definition) is 5. The van der Waals surface area contributed by atoms with Crippen LogP contribution >= 0.6 is 11.7 Å². The Morgan fingerprint density at radius 1 is 1.23 bits per heavy atom. The molecule has 0 saturated carbocycles. The predicted molar refractivity (Wildman–Crippen MR) is 80.7 cm³/mol. The Bertz CT molecular complexity index is 737. The zero-order chi connectivity index (χ0) is 22.1. The van der Waals surface area contributed by atoms with Gasteiger partial charge in [0.05, 0.1) is 18.3 Å². The highest BCUT2D eigenvalue weighted by molar-refractivity contribution is 6.99. The smallest absolute Gasteiger partial charge is 0.459 e. The first kappa shape index (κ1) is 16.7. The number of hydrogen-bond donors (Lipinski definition) is 0. The van der Waals surface area contributed by atoms with Gasteiger partial charge in [-0.25, -0.2) is 0 Å². The lowest BCUT2D eigenvalue weighted by molar-refractivity contribution is -0.355. The fraction of sp³-hybridized carbons (Fsp3) is 0.714. The normalized spacial score (nSPS) is 19.5. The summed E-state index contributed by atoms with van der Waals surface area (Å²) in [4.78, 5) is 1.21. The molecule has 26 heavy (non-hydrogen) atoms. The van der Waals surface area contributed by atoms with Crippen molar-refractivity contribution in [2.24, 2.45) is 0 Å². The van der Waals surface area contributed by atoms with Crippen LogP contribution in [0.15, 0.2) is 6.08 Å². The maximum absolute atomic E-state index is 13.3. The summed E-state index contributed by atoms with van der Waals surface area (Å²) in [6, 6.07) is 0. The van der Waals surface area contributed by atoms with Gasteiger partial charge in [-0.05, 0) is 25.4 Å². The SMILES string of the molecule is [2H]C([2H])([2H])N1CCC=C(c2nsnc2OCCCC(F)(F)C(F)(F)C(F)(F)F)C1. The van der Waals surface area contributed by atoms with E-state index >= 15 is 0 Å². The second kappa shape index (κ2) is 7.67. The molecule has 0 unspecified atom stereocenters. The monoisotopic (exact) mass is 410 g/mol. The average Bonchev–Trinajstić information content (AvgIpc) is 3.05. The molecule has 0 atom stereocenters. The van der Waals surface area contributed by atoms with Gasteiger partial charge in [0.2, 0.25) is 0 Å². The van der Waals surface area contributed by atoms with Gasteiger partial charge in [0.25, 0.3) is 5.88 Å². The summed E-state index contributed by atoms with van der Waals surface area (Å²) in [5, 5.41) is 0. The minimum Gasteiger partial charge on any atom is -0.475 e. The van der Waals surface area contributed by atoms with Gasteiger partial charge in [-0.2, -0.15) is 35.1 Å². The Balaban J connectivity index is 1.96. The van der Waals surface area contributed by atoms with Gasteiger partial charge >= 0.3 is 18.0 Å². The minimum absolute atomic E-state index is 0.00808. The lowest BCUT2D eigenvalue weighted by atomic mass is 10.1. The van der Waals surface area contributed by atoms with Crippen molar-refractivity contribution in [3.8, 4) is 5.88 Å². The summed E-state index contributed by atoms with van der Waals surface area (Å²) in [5.41, 5.74) is 0.654. The number of alkyl halides is 7. The van der Waals surface area contributed by atoms with Gasteiger partial charge in [-0.3, -0.25) is 0 Å². The molecule has 0 saturated heterocycles. The van der Waals surface area contributed by atoms with E-state index in [1.165, 1.54) is 4.90 Å². The molecule has 0 N–H and O–H groups in total. The van der Waals surface area contributed by atoms with Crippen LogP contribution in [0.4, 0.5) is 30.7 Å². The number of aromatic nitrogens is 2. The second-order valence-corrected chi connectivity index (χ2v) is 6.11. The number of rotatable bonds is 7. The number of nitrogens with zero attached hydrogens (tertiary/aromatic N) is 3. The summed E-state index contributed by atoms with van der Waals surface area (Å²) in [6.45, 7) is -2.64. The molecule has 0 aliphatic carbocycles. The molecule has 0 spiro atoms. The molecule has 1 aliphatic rings. The van der Waals surface area contributed by atoms with Crippen molar-refractivity contribution < 1.29 is 39.6 Å².